The van der Waals surface area contributed by atoms with Gasteiger partial charge in [-0.05, 0) is 31.0 Å². The van der Waals surface area contributed by atoms with Crippen molar-refractivity contribution in [2.75, 3.05) is 0 Å². The minimum Gasteiger partial charge on any atom is -0.360 e. The number of nitrogens with zero attached hydrogens (tertiary/aromatic N) is 1. The molecule has 2 aromatic rings. The predicted octanol–water partition coefficient (Wildman–Crippen LogP) is 4.25. The van der Waals surface area contributed by atoms with Gasteiger partial charge in [-0.15, -0.1) is 0 Å². The van der Waals surface area contributed by atoms with Gasteiger partial charge in [-0.2, -0.15) is 0 Å². The number of hydrogen-bond acceptors (Lipinski definition) is 2. The van der Waals surface area contributed by atoms with Crippen LogP contribution in [0.25, 0.3) is 10.9 Å². The summed E-state index contributed by atoms with van der Waals surface area (Å²) in [7, 11) is 0. The van der Waals surface area contributed by atoms with Gasteiger partial charge in [0.05, 0.1) is 0 Å². The predicted molar refractivity (Wildman–Crippen MR) is 62.9 cm³/mol. The van der Waals surface area contributed by atoms with E-state index in [1.54, 1.807) is 0 Å². The van der Waals surface area contributed by atoms with Gasteiger partial charge in [0.2, 0.25) is 0 Å². The van der Waals surface area contributed by atoms with Gasteiger partial charge in [0.1, 0.15) is 11.3 Å². The molecule has 3 heteroatoms. The van der Waals surface area contributed by atoms with Crippen molar-refractivity contribution < 1.29 is 4.52 Å². The van der Waals surface area contributed by atoms with E-state index in [0.717, 1.165) is 15.7 Å². The SMILES string of the molecule is Brc1ccc2c(C3CCCC3)onc2c1. The van der Waals surface area contributed by atoms with Crippen LogP contribution in [0.15, 0.2) is 27.2 Å². The molecule has 0 aliphatic heterocycles. The molecule has 0 amide bonds. The van der Waals surface area contributed by atoms with E-state index >= 15 is 0 Å². The average molecular weight is 266 g/mol. The number of rotatable bonds is 1. The smallest absolute Gasteiger partial charge is 0.147 e. The van der Waals surface area contributed by atoms with Crippen molar-refractivity contribution in [1.29, 1.82) is 0 Å². The van der Waals surface area contributed by atoms with E-state index in [1.165, 1.54) is 31.1 Å². The lowest BCUT2D eigenvalue weighted by Crippen LogP contribution is -1.89. The Labute approximate surface area is 96.8 Å². The van der Waals surface area contributed by atoms with Crippen LogP contribution >= 0.6 is 15.9 Å². The largest absolute Gasteiger partial charge is 0.360 e. The van der Waals surface area contributed by atoms with Crippen LogP contribution < -0.4 is 0 Å². The quantitative estimate of drug-likeness (QED) is 0.771. The van der Waals surface area contributed by atoms with Crippen LogP contribution in [0.3, 0.4) is 0 Å². The van der Waals surface area contributed by atoms with Gasteiger partial charge in [0.15, 0.2) is 0 Å². The zero-order valence-electron chi connectivity index (χ0n) is 8.37. The first-order valence-corrected chi connectivity index (χ1v) is 6.19. The molecule has 0 spiro atoms. The molecule has 0 radical (unpaired) electrons. The van der Waals surface area contributed by atoms with Gasteiger partial charge in [0, 0.05) is 15.8 Å². The summed E-state index contributed by atoms with van der Waals surface area (Å²) in [4.78, 5) is 0. The van der Waals surface area contributed by atoms with Crippen molar-refractivity contribution in [1.82, 2.24) is 5.16 Å². The molecule has 1 aliphatic rings. The summed E-state index contributed by atoms with van der Waals surface area (Å²) in [6.07, 6.45) is 5.15. The summed E-state index contributed by atoms with van der Waals surface area (Å²) in [6, 6.07) is 6.17. The molecule has 0 bridgehead atoms. The highest BCUT2D eigenvalue weighted by Gasteiger charge is 2.23. The average Bonchev–Trinajstić information content (AvgIpc) is 2.82. The van der Waals surface area contributed by atoms with E-state index in [4.69, 9.17) is 4.52 Å². The second-order valence-electron chi connectivity index (χ2n) is 4.19. The molecule has 1 aromatic carbocycles. The summed E-state index contributed by atoms with van der Waals surface area (Å²) >= 11 is 3.44. The fraction of sp³-hybridized carbons (Fsp3) is 0.417. The fourth-order valence-corrected chi connectivity index (χ4v) is 2.77. The van der Waals surface area contributed by atoms with E-state index in [0.29, 0.717) is 5.92 Å². The lowest BCUT2D eigenvalue weighted by atomic mass is 10.0. The molecular weight excluding hydrogens is 254 g/mol. The molecule has 0 atom stereocenters. The highest BCUT2D eigenvalue weighted by atomic mass is 79.9. The highest BCUT2D eigenvalue weighted by molar-refractivity contribution is 9.10. The Morgan fingerprint density at radius 1 is 1.27 bits per heavy atom. The Bertz CT molecular complexity index is 485. The van der Waals surface area contributed by atoms with E-state index in [-0.39, 0.29) is 0 Å². The van der Waals surface area contributed by atoms with Crippen LogP contribution in [-0.4, -0.2) is 5.16 Å². The minimum atomic E-state index is 0.594. The summed E-state index contributed by atoms with van der Waals surface area (Å²) in [5.74, 6) is 1.69. The number of benzene rings is 1. The maximum absolute atomic E-state index is 5.48. The van der Waals surface area contributed by atoms with E-state index in [9.17, 15) is 0 Å². The van der Waals surface area contributed by atoms with Gasteiger partial charge in [-0.25, -0.2) is 0 Å². The lowest BCUT2D eigenvalue weighted by Gasteiger charge is -2.03. The Morgan fingerprint density at radius 3 is 2.87 bits per heavy atom. The molecule has 1 heterocycles. The molecule has 1 saturated carbocycles. The van der Waals surface area contributed by atoms with Crippen molar-refractivity contribution in [3.05, 3.63) is 28.4 Å². The van der Waals surface area contributed by atoms with E-state index in [2.05, 4.69) is 33.2 Å². The topological polar surface area (TPSA) is 26.0 Å². The van der Waals surface area contributed by atoms with Crippen LogP contribution in [-0.2, 0) is 0 Å². The van der Waals surface area contributed by atoms with Crippen molar-refractivity contribution in [2.24, 2.45) is 0 Å². The molecule has 0 N–H and O–H groups in total. The molecule has 1 fully saturated rings. The molecule has 1 aliphatic carbocycles. The Morgan fingerprint density at radius 2 is 2.07 bits per heavy atom. The monoisotopic (exact) mass is 265 g/mol. The van der Waals surface area contributed by atoms with Gasteiger partial charge >= 0.3 is 0 Å². The van der Waals surface area contributed by atoms with E-state index < -0.39 is 0 Å². The van der Waals surface area contributed by atoms with Gasteiger partial charge in [0.25, 0.3) is 0 Å². The minimum absolute atomic E-state index is 0.594. The van der Waals surface area contributed by atoms with Crippen LogP contribution in [0.2, 0.25) is 0 Å². The molecule has 78 valence electrons. The van der Waals surface area contributed by atoms with Crippen molar-refractivity contribution >= 4 is 26.8 Å². The molecule has 0 unspecified atom stereocenters. The summed E-state index contributed by atoms with van der Waals surface area (Å²) in [5, 5.41) is 5.30. The van der Waals surface area contributed by atoms with Crippen LogP contribution in [0.5, 0.6) is 0 Å². The third kappa shape index (κ3) is 1.59. The first kappa shape index (κ1) is 9.40. The Balaban J connectivity index is 2.11. The van der Waals surface area contributed by atoms with Gasteiger partial charge in [-0.3, -0.25) is 0 Å². The number of aromatic nitrogens is 1. The maximum Gasteiger partial charge on any atom is 0.147 e. The summed E-state index contributed by atoms with van der Waals surface area (Å²) in [6.45, 7) is 0. The molecule has 0 saturated heterocycles. The molecule has 15 heavy (non-hydrogen) atoms. The number of fused-ring (bicyclic) bond motifs is 1. The first-order valence-electron chi connectivity index (χ1n) is 5.39. The first-order chi connectivity index (χ1) is 7.34. The third-order valence-corrected chi connectivity index (χ3v) is 3.69. The van der Waals surface area contributed by atoms with Crippen molar-refractivity contribution in [3.8, 4) is 0 Å². The molecule has 2 nitrogen and oxygen atoms in total. The molecular formula is C12H12BrNO. The normalized spacial score (nSPS) is 17.7. The van der Waals surface area contributed by atoms with Crippen molar-refractivity contribution in [2.45, 2.75) is 31.6 Å². The lowest BCUT2D eigenvalue weighted by molar-refractivity contribution is 0.368. The van der Waals surface area contributed by atoms with Gasteiger partial charge < -0.3 is 4.52 Å². The number of hydrogen-bond donors (Lipinski definition) is 0. The Kier molecular flexibility index (Phi) is 2.28. The van der Waals surface area contributed by atoms with Gasteiger partial charge in [-0.1, -0.05) is 33.9 Å². The molecule has 1 aromatic heterocycles. The fourth-order valence-electron chi connectivity index (χ4n) is 2.42. The van der Waals surface area contributed by atoms with Crippen LogP contribution in [0.1, 0.15) is 37.4 Å². The second-order valence-corrected chi connectivity index (χ2v) is 5.11. The van der Waals surface area contributed by atoms with E-state index in [1.807, 2.05) is 6.07 Å². The summed E-state index contributed by atoms with van der Waals surface area (Å²) in [5.41, 5.74) is 0.964. The summed E-state index contributed by atoms with van der Waals surface area (Å²) < 4.78 is 6.54. The highest BCUT2D eigenvalue weighted by Crippen LogP contribution is 2.37. The zero-order valence-corrected chi connectivity index (χ0v) is 9.96. The maximum atomic E-state index is 5.48. The second kappa shape index (κ2) is 3.63. The van der Waals surface area contributed by atoms with Crippen LogP contribution in [0.4, 0.5) is 0 Å². The number of halogens is 1. The Hall–Kier alpha value is -0.830. The van der Waals surface area contributed by atoms with Crippen LogP contribution in [0, 0.1) is 0 Å². The third-order valence-electron chi connectivity index (χ3n) is 3.19. The molecule has 3 rings (SSSR count). The standard InChI is InChI=1S/C12H12BrNO/c13-9-5-6-10-11(7-9)14-15-12(10)8-3-1-2-4-8/h5-8H,1-4H2. The van der Waals surface area contributed by atoms with Crippen molar-refractivity contribution in [3.63, 3.8) is 0 Å². The zero-order chi connectivity index (χ0) is 10.3.